The molecule has 0 spiro atoms. The van der Waals surface area contributed by atoms with E-state index in [-0.39, 0.29) is 0 Å². The average Bonchev–Trinajstić information content (AvgIpc) is 2.86. The topological polar surface area (TPSA) is 49.4 Å². The van der Waals surface area contributed by atoms with E-state index in [1.165, 1.54) is 16.5 Å². The van der Waals surface area contributed by atoms with Gasteiger partial charge in [-0.15, -0.1) is 0 Å². The van der Waals surface area contributed by atoms with Crippen molar-refractivity contribution in [3.8, 4) is 0 Å². The summed E-state index contributed by atoms with van der Waals surface area (Å²) in [4.78, 5) is 0. The lowest BCUT2D eigenvalue weighted by Crippen LogP contribution is -2.07. The summed E-state index contributed by atoms with van der Waals surface area (Å²) in [5.74, 6) is 0. The summed E-state index contributed by atoms with van der Waals surface area (Å²) in [5, 5.41) is 1.27. The number of methoxy groups -OCH3 is 1. The highest BCUT2D eigenvalue weighted by Crippen LogP contribution is 2.18. The molecule has 20 heavy (non-hydrogen) atoms. The summed E-state index contributed by atoms with van der Waals surface area (Å²) in [6.07, 6.45) is 4.00. The van der Waals surface area contributed by atoms with E-state index in [1.54, 1.807) is 7.11 Å². The van der Waals surface area contributed by atoms with Crippen molar-refractivity contribution < 1.29 is 9.47 Å². The molecule has 0 aliphatic carbocycles. The van der Waals surface area contributed by atoms with E-state index in [0.717, 1.165) is 39.2 Å². The minimum atomic E-state index is 0.696. The van der Waals surface area contributed by atoms with Gasteiger partial charge in [0.05, 0.1) is 6.61 Å². The van der Waals surface area contributed by atoms with E-state index in [1.807, 2.05) is 0 Å². The number of benzene rings is 1. The molecule has 110 valence electrons. The molecule has 0 atom stereocenters. The van der Waals surface area contributed by atoms with Gasteiger partial charge in [-0.05, 0) is 48.5 Å². The Morgan fingerprint density at radius 2 is 2.05 bits per heavy atom. The van der Waals surface area contributed by atoms with Crippen LogP contribution >= 0.6 is 0 Å². The fourth-order valence-corrected chi connectivity index (χ4v) is 2.34. The minimum Gasteiger partial charge on any atom is -0.385 e. The first-order valence-electron chi connectivity index (χ1n) is 7.19. The van der Waals surface area contributed by atoms with Crippen molar-refractivity contribution in [1.29, 1.82) is 0 Å². The number of fused-ring (bicyclic) bond motifs is 1. The summed E-state index contributed by atoms with van der Waals surface area (Å²) in [5.41, 5.74) is 8.15. The van der Waals surface area contributed by atoms with Crippen molar-refractivity contribution in [2.75, 3.05) is 33.5 Å². The van der Waals surface area contributed by atoms with Crippen molar-refractivity contribution in [3.63, 3.8) is 0 Å². The second kappa shape index (κ2) is 8.04. The zero-order valence-corrected chi connectivity index (χ0v) is 12.2. The summed E-state index contributed by atoms with van der Waals surface area (Å²) in [7, 11) is 1.71. The van der Waals surface area contributed by atoms with Crippen molar-refractivity contribution in [3.05, 3.63) is 36.0 Å². The number of hydrogen-bond acceptors (Lipinski definition) is 3. The Morgan fingerprint density at radius 1 is 1.15 bits per heavy atom. The van der Waals surface area contributed by atoms with Crippen molar-refractivity contribution in [2.45, 2.75) is 19.4 Å². The number of nitrogens with zero attached hydrogens (tertiary/aromatic N) is 1. The standard InChI is InChI=1S/C16H24N2O2/c1-19-10-2-11-20-12-9-18-8-6-15-13-14(5-7-17)3-4-16(15)18/h3-4,6,8,13H,2,5,7,9-12,17H2,1H3. The number of aromatic nitrogens is 1. The summed E-state index contributed by atoms with van der Waals surface area (Å²) in [6.45, 7) is 3.83. The predicted octanol–water partition coefficient (Wildman–Crippen LogP) is 2.20. The number of nitrogens with two attached hydrogens (primary N) is 1. The van der Waals surface area contributed by atoms with Crippen LogP contribution in [0.5, 0.6) is 0 Å². The molecule has 0 radical (unpaired) electrons. The first-order valence-corrected chi connectivity index (χ1v) is 7.19. The van der Waals surface area contributed by atoms with Gasteiger partial charge in [-0.3, -0.25) is 0 Å². The van der Waals surface area contributed by atoms with Crippen LogP contribution in [0.2, 0.25) is 0 Å². The maximum absolute atomic E-state index is 5.60. The molecule has 0 fully saturated rings. The molecular weight excluding hydrogens is 252 g/mol. The maximum atomic E-state index is 5.60. The van der Waals surface area contributed by atoms with Gasteiger partial charge in [-0.1, -0.05) is 6.07 Å². The van der Waals surface area contributed by atoms with Gasteiger partial charge in [0.15, 0.2) is 0 Å². The molecule has 2 N–H and O–H groups in total. The molecule has 4 nitrogen and oxygen atoms in total. The van der Waals surface area contributed by atoms with Crippen molar-refractivity contribution in [1.82, 2.24) is 4.57 Å². The van der Waals surface area contributed by atoms with Gasteiger partial charge in [0, 0.05) is 38.6 Å². The van der Waals surface area contributed by atoms with Crippen LogP contribution in [0.25, 0.3) is 10.9 Å². The zero-order chi connectivity index (χ0) is 14.2. The van der Waals surface area contributed by atoms with Crippen LogP contribution in [0.1, 0.15) is 12.0 Å². The Kier molecular flexibility index (Phi) is 6.05. The Balaban J connectivity index is 1.87. The van der Waals surface area contributed by atoms with Gasteiger partial charge >= 0.3 is 0 Å². The number of hydrogen-bond donors (Lipinski definition) is 1. The van der Waals surface area contributed by atoms with E-state index in [9.17, 15) is 0 Å². The van der Waals surface area contributed by atoms with E-state index < -0.39 is 0 Å². The molecule has 0 amide bonds. The molecule has 2 aromatic rings. The fourth-order valence-electron chi connectivity index (χ4n) is 2.34. The molecule has 2 rings (SSSR count). The number of rotatable bonds is 9. The summed E-state index contributed by atoms with van der Waals surface area (Å²) < 4.78 is 12.8. The molecule has 4 heteroatoms. The van der Waals surface area contributed by atoms with Gasteiger partial charge in [0.2, 0.25) is 0 Å². The molecule has 0 saturated heterocycles. The van der Waals surface area contributed by atoms with Crippen LogP contribution in [-0.2, 0) is 22.4 Å². The maximum Gasteiger partial charge on any atom is 0.0645 e. The van der Waals surface area contributed by atoms with Gasteiger partial charge in [-0.25, -0.2) is 0 Å². The van der Waals surface area contributed by atoms with Crippen LogP contribution < -0.4 is 5.73 Å². The van der Waals surface area contributed by atoms with E-state index in [2.05, 4.69) is 35.0 Å². The van der Waals surface area contributed by atoms with Crippen LogP contribution in [0.15, 0.2) is 30.5 Å². The first kappa shape index (κ1) is 15.0. The lowest BCUT2D eigenvalue weighted by molar-refractivity contribution is 0.0982. The van der Waals surface area contributed by atoms with Crippen molar-refractivity contribution >= 4 is 10.9 Å². The third-order valence-electron chi connectivity index (χ3n) is 3.38. The Hall–Kier alpha value is -1.36. The van der Waals surface area contributed by atoms with E-state index in [4.69, 9.17) is 15.2 Å². The summed E-state index contributed by atoms with van der Waals surface area (Å²) >= 11 is 0. The highest BCUT2D eigenvalue weighted by atomic mass is 16.5. The lowest BCUT2D eigenvalue weighted by atomic mass is 10.1. The highest BCUT2D eigenvalue weighted by Gasteiger charge is 2.02. The smallest absolute Gasteiger partial charge is 0.0645 e. The van der Waals surface area contributed by atoms with Crippen LogP contribution in [-0.4, -0.2) is 38.0 Å². The fraction of sp³-hybridized carbons (Fsp3) is 0.500. The number of ether oxygens (including phenoxy) is 2. The highest BCUT2D eigenvalue weighted by molar-refractivity contribution is 5.80. The molecule has 0 unspecified atom stereocenters. The van der Waals surface area contributed by atoms with Crippen LogP contribution in [0.4, 0.5) is 0 Å². The van der Waals surface area contributed by atoms with E-state index >= 15 is 0 Å². The predicted molar refractivity (Wildman–Crippen MR) is 82.0 cm³/mol. The normalized spacial score (nSPS) is 11.3. The SMILES string of the molecule is COCCCOCCn1ccc2cc(CCN)ccc21. The largest absolute Gasteiger partial charge is 0.385 e. The molecule has 0 aliphatic rings. The Labute approximate surface area is 120 Å². The molecule has 0 aliphatic heterocycles. The molecule has 0 saturated carbocycles. The van der Waals surface area contributed by atoms with Crippen LogP contribution in [0, 0.1) is 0 Å². The van der Waals surface area contributed by atoms with Gasteiger partial charge < -0.3 is 19.8 Å². The second-order valence-electron chi connectivity index (χ2n) is 4.90. The third-order valence-corrected chi connectivity index (χ3v) is 3.38. The quantitative estimate of drug-likeness (QED) is 0.714. The molecule has 1 aromatic heterocycles. The molecule has 1 aromatic carbocycles. The molecule has 1 heterocycles. The van der Waals surface area contributed by atoms with Gasteiger partial charge in [-0.2, -0.15) is 0 Å². The zero-order valence-electron chi connectivity index (χ0n) is 12.2. The minimum absolute atomic E-state index is 0.696. The monoisotopic (exact) mass is 276 g/mol. The van der Waals surface area contributed by atoms with Gasteiger partial charge in [0.25, 0.3) is 0 Å². The van der Waals surface area contributed by atoms with Gasteiger partial charge in [0.1, 0.15) is 0 Å². The first-order chi connectivity index (χ1) is 9.85. The summed E-state index contributed by atoms with van der Waals surface area (Å²) in [6, 6.07) is 8.70. The Morgan fingerprint density at radius 3 is 2.85 bits per heavy atom. The average molecular weight is 276 g/mol. The van der Waals surface area contributed by atoms with E-state index in [0.29, 0.717) is 6.54 Å². The molecular formula is C16H24N2O2. The second-order valence-corrected chi connectivity index (χ2v) is 4.90. The van der Waals surface area contributed by atoms with Crippen molar-refractivity contribution in [2.24, 2.45) is 5.73 Å². The van der Waals surface area contributed by atoms with Crippen LogP contribution in [0.3, 0.4) is 0 Å². The third kappa shape index (κ3) is 4.07. The lowest BCUT2D eigenvalue weighted by Gasteiger charge is -2.07. The molecule has 0 bridgehead atoms. The Bertz CT molecular complexity index is 522.